The van der Waals surface area contributed by atoms with Gasteiger partial charge in [-0.3, -0.25) is 4.79 Å². The van der Waals surface area contributed by atoms with Gasteiger partial charge in [0.1, 0.15) is 0 Å². The number of hydrogen-bond acceptors (Lipinski definition) is 2. The number of rotatable bonds is 4. The summed E-state index contributed by atoms with van der Waals surface area (Å²) in [4.78, 5) is 10.7. The predicted molar refractivity (Wildman–Crippen MR) is 46.8 cm³/mol. The summed E-state index contributed by atoms with van der Waals surface area (Å²) in [5.74, 6) is 0.0531. The molecule has 0 aromatic heterocycles. The molecule has 0 heterocycles. The Balaban J connectivity index is 2.29. The molecule has 0 radical (unpaired) electrons. The highest BCUT2D eigenvalue weighted by Crippen LogP contribution is 2.40. The van der Waals surface area contributed by atoms with Gasteiger partial charge in [0, 0.05) is 26.0 Å². The molecule has 12 heavy (non-hydrogen) atoms. The molecule has 0 atom stereocenters. The Morgan fingerprint density at radius 1 is 1.58 bits per heavy atom. The topological polar surface area (TPSA) is 38.3 Å². The molecule has 1 fully saturated rings. The molecular formula is C9H17NO2. The van der Waals surface area contributed by atoms with Crippen LogP contribution < -0.4 is 5.32 Å². The van der Waals surface area contributed by atoms with Crippen LogP contribution in [0.15, 0.2) is 0 Å². The summed E-state index contributed by atoms with van der Waals surface area (Å²) in [5.41, 5.74) is 0.250. The monoisotopic (exact) mass is 171 g/mol. The lowest BCUT2D eigenvalue weighted by Crippen LogP contribution is -2.44. The van der Waals surface area contributed by atoms with Crippen LogP contribution in [-0.2, 0) is 9.53 Å². The molecule has 0 spiro atoms. The summed E-state index contributed by atoms with van der Waals surface area (Å²) in [6, 6.07) is 0. The Morgan fingerprint density at radius 2 is 2.25 bits per heavy atom. The lowest BCUT2D eigenvalue weighted by Gasteiger charge is -2.41. The highest BCUT2D eigenvalue weighted by Gasteiger charge is 2.36. The number of ether oxygens (including phenoxy) is 1. The molecular weight excluding hydrogens is 154 g/mol. The minimum atomic E-state index is 0.0531. The fourth-order valence-corrected chi connectivity index (χ4v) is 1.67. The molecule has 1 aliphatic carbocycles. The molecule has 0 aromatic carbocycles. The summed E-state index contributed by atoms with van der Waals surface area (Å²) >= 11 is 0. The molecule has 3 heteroatoms. The van der Waals surface area contributed by atoms with Gasteiger partial charge in [0.15, 0.2) is 0 Å². The van der Waals surface area contributed by atoms with Gasteiger partial charge in [-0.25, -0.2) is 0 Å². The van der Waals surface area contributed by atoms with E-state index < -0.39 is 0 Å². The average molecular weight is 171 g/mol. The van der Waals surface area contributed by atoms with Gasteiger partial charge in [-0.2, -0.15) is 0 Å². The van der Waals surface area contributed by atoms with E-state index in [0.717, 1.165) is 13.2 Å². The third-order valence-corrected chi connectivity index (χ3v) is 2.58. The third kappa shape index (κ3) is 2.21. The second-order valence-electron chi connectivity index (χ2n) is 3.70. The number of amides is 1. The Hall–Kier alpha value is -0.570. The summed E-state index contributed by atoms with van der Waals surface area (Å²) in [7, 11) is 1.72. The van der Waals surface area contributed by atoms with Crippen molar-refractivity contribution in [1.29, 1.82) is 0 Å². The van der Waals surface area contributed by atoms with Crippen LogP contribution in [0.1, 0.15) is 26.2 Å². The average Bonchev–Trinajstić information content (AvgIpc) is 1.94. The maximum Gasteiger partial charge on any atom is 0.216 e. The molecule has 1 aliphatic rings. The second kappa shape index (κ2) is 3.90. The van der Waals surface area contributed by atoms with Crippen molar-refractivity contribution in [3.8, 4) is 0 Å². The molecule has 1 N–H and O–H groups in total. The molecule has 3 nitrogen and oxygen atoms in total. The van der Waals surface area contributed by atoms with E-state index in [1.807, 2.05) is 0 Å². The lowest BCUT2D eigenvalue weighted by atomic mass is 9.69. The van der Waals surface area contributed by atoms with Crippen molar-refractivity contribution in [3.63, 3.8) is 0 Å². The van der Waals surface area contributed by atoms with Crippen LogP contribution in [0.5, 0.6) is 0 Å². The maximum atomic E-state index is 10.7. The van der Waals surface area contributed by atoms with Gasteiger partial charge in [0.2, 0.25) is 5.91 Å². The molecule has 1 amide bonds. The number of carbonyl (C=O) groups excluding carboxylic acids is 1. The van der Waals surface area contributed by atoms with E-state index in [2.05, 4.69) is 5.32 Å². The first kappa shape index (κ1) is 9.52. The van der Waals surface area contributed by atoms with Crippen molar-refractivity contribution in [2.45, 2.75) is 26.2 Å². The van der Waals surface area contributed by atoms with Crippen molar-refractivity contribution < 1.29 is 9.53 Å². The highest BCUT2D eigenvalue weighted by atomic mass is 16.5. The molecule has 0 saturated heterocycles. The SMILES string of the molecule is COCC1(CNC(C)=O)CCC1. The summed E-state index contributed by atoms with van der Waals surface area (Å²) in [6.45, 7) is 3.10. The molecule has 0 aromatic rings. The van der Waals surface area contributed by atoms with Crippen molar-refractivity contribution in [2.75, 3.05) is 20.3 Å². The highest BCUT2D eigenvalue weighted by molar-refractivity contribution is 5.72. The maximum absolute atomic E-state index is 10.7. The zero-order valence-corrected chi connectivity index (χ0v) is 7.85. The van der Waals surface area contributed by atoms with E-state index in [-0.39, 0.29) is 11.3 Å². The van der Waals surface area contributed by atoms with Crippen LogP contribution in [0.2, 0.25) is 0 Å². The first-order chi connectivity index (χ1) is 5.68. The number of nitrogens with one attached hydrogen (secondary N) is 1. The molecule has 0 bridgehead atoms. The van der Waals surface area contributed by atoms with Gasteiger partial charge in [-0.15, -0.1) is 0 Å². The summed E-state index contributed by atoms with van der Waals surface area (Å²) < 4.78 is 5.13. The van der Waals surface area contributed by atoms with Crippen LogP contribution in [0, 0.1) is 5.41 Å². The molecule has 0 unspecified atom stereocenters. The third-order valence-electron chi connectivity index (χ3n) is 2.58. The Labute approximate surface area is 73.5 Å². The van der Waals surface area contributed by atoms with Gasteiger partial charge in [0.25, 0.3) is 0 Å². The normalized spacial score (nSPS) is 19.8. The van der Waals surface area contributed by atoms with Gasteiger partial charge in [0.05, 0.1) is 6.61 Å². The minimum absolute atomic E-state index is 0.0531. The summed E-state index contributed by atoms with van der Waals surface area (Å²) in [6.07, 6.45) is 3.63. The Kier molecular flexibility index (Phi) is 3.09. The van der Waals surface area contributed by atoms with E-state index in [0.29, 0.717) is 0 Å². The van der Waals surface area contributed by atoms with Crippen molar-refractivity contribution in [3.05, 3.63) is 0 Å². The molecule has 1 rings (SSSR count). The van der Waals surface area contributed by atoms with E-state index in [1.165, 1.54) is 19.3 Å². The van der Waals surface area contributed by atoms with Crippen molar-refractivity contribution in [1.82, 2.24) is 5.32 Å². The first-order valence-corrected chi connectivity index (χ1v) is 4.42. The zero-order chi connectivity index (χ0) is 9.03. The fourth-order valence-electron chi connectivity index (χ4n) is 1.67. The Morgan fingerprint density at radius 3 is 2.58 bits per heavy atom. The number of methoxy groups -OCH3 is 1. The van der Waals surface area contributed by atoms with E-state index in [4.69, 9.17) is 4.74 Å². The Bertz CT molecular complexity index is 164. The standard InChI is InChI=1S/C9H17NO2/c1-8(11)10-6-9(7-12-2)4-3-5-9/h3-7H2,1-2H3,(H,10,11). The molecule has 1 saturated carbocycles. The van der Waals surface area contributed by atoms with Gasteiger partial charge in [-0.1, -0.05) is 6.42 Å². The number of hydrogen-bond donors (Lipinski definition) is 1. The first-order valence-electron chi connectivity index (χ1n) is 4.42. The van der Waals surface area contributed by atoms with E-state index in [1.54, 1.807) is 14.0 Å². The van der Waals surface area contributed by atoms with Crippen LogP contribution >= 0.6 is 0 Å². The quantitative estimate of drug-likeness (QED) is 0.683. The van der Waals surface area contributed by atoms with E-state index in [9.17, 15) is 4.79 Å². The van der Waals surface area contributed by atoms with Crippen LogP contribution in [0.3, 0.4) is 0 Å². The van der Waals surface area contributed by atoms with Gasteiger partial charge in [-0.05, 0) is 12.8 Å². The molecule has 70 valence electrons. The fraction of sp³-hybridized carbons (Fsp3) is 0.889. The van der Waals surface area contributed by atoms with Gasteiger partial charge < -0.3 is 10.1 Å². The van der Waals surface area contributed by atoms with Crippen LogP contribution in [0.25, 0.3) is 0 Å². The van der Waals surface area contributed by atoms with Crippen molar-refractivity contribution in [2.24, 2.45) is 5.41 Å². The summed E-state index contributed by atoms with van der Waals surface area (Å²) in [5, 5.41) is 2.85. The van der Waals surface area contributed by atoms with Crippen molar-refractivity contribution >= 4 is 5.91 Å². The van der Waals surface area contributed by atoms with E-state index >= 15 is 0 Å². The number of carbonyl (C=O) groups is 1. The lowest BCUT2D eigenvalue weighted by molar-refractivity contribution is -0.120. The van der Waals surface area contributed by atoms with Crippen LogP contribution in [-0.4, -0.2) is 26.2 Å². The minimum Gasteiger partial charge on any atom is -0.384 e. The largest absolute Gasteiger partial charge is 0.384 e. The van der Waals surface area contributed by atoms with Crippen LogP contribution in [0.4, 0.5) is 0 Å². The predicted octanol–water partition coefficient (Wildman–Crippen LogP) is 0.939. The smallest absolute Gasteiger partial charge is 0.216 e. The zero-order valence-electron chi connectivity index (χ0n) is 7.85. The molecule has 0 aliphatic heterocycles. The van der Waals surface area contributed by atoms with Gasteiger partial charge >= 0.3 is 0 Å². The second-order valence-corrected chi connectivity index (χ2v) is 3.70.